The topological polar surface area (TPSA) is 37.8 Å². The quantitative estimate of drug-likeness (QED) is 0.458. The normalized spacial score (nSPS) is 11.2. The van der Waals surface area contributed by atoms with E-state index in [0.717, 1.165) is 28.0 Å². The van der Waals surface area contributed by atoms with Crippen molar-refractivity contribution in [2.75, 3.05) is 5.32 Å². The number of anilines is 2. The molecule has 25 heavy (non-hydrogen) atoms. The minimum absolute atomic E-state index is 0.835. The molecule has 0 unspecified atom stereocenters. The lowest BCUT2D eigenvalue weighted by Crippen LogP contribution is -1.95. The number of fused-ring (bicyclic) bond motifs is 4. The Morgan fingerprint density at radius 3 is 2.48 bits per heavy atom. The monoisotopic (exact) mass is 321 g/mol. The predicted octanol–water partition coefficient (Wildman–Crippen LogP) is 5.63. The minimum Gasteiger partial charge on any atom is -0.340 e. The van der Waals surface area contributed by atoms with Gasteiger partial charge in [0.15, 0.2) is 0 Å². The Balaban J connectivity index is 1.66. The zero-order valence-corrected chi connectivity index (χ0v) is 13.5. The third kappa shape index (κ3) is 2.37. The maximum Gasteiger partial charge on any atom is 0.142 e. The summed E-state index contributed by atoms with van der Waals surface area (Å²) in [6.07, 6.45) is 1.62. The highest BCUT2D eigenvalue weighted by Crippen LogP contribution is 2.37. The first-order valence-electron chi connectivity index (χ1n) is 8.27. The third-order valence-electron chi connectivity index (χ3n) is 4.52. The van der Waals surface area contributed by atoms with Crippen LogP contribution in [-0.2, 0) is 0 Å². The van der Waals surface area contributed by atoms with Gasteiger partial charge >= 0.3 is 0 Å². The molecule has 2 aliphatic rings. The van der Waals surface area contributed by atoms with E-state index >= 15 is 0 Å². The number of benzene rings is 2. The van der Waals surface area contributed by atoms with Crippen LogP contribution in [0, 0.1) is 0 Å². The molecule has 3 aromatic rings. The summed E-state index contributed by atoms with van der Waals surface area (Å²) in [6.45, 7) is 0. The largest absolute Gasteiger partial charge is 0.340 e. The first kappa shape index (κ1) is 13.9. The predicted molar refractivity (Wildman–Crippen MR) is 103 cm³/mol. The molecule has 1 heterocycles. The van der Waals surface area contributed by atoms with Crippen LogP contribution in [0.15, 0.2) is 85.2 Å². The lowest BCUT2D eigenvalue weighted by molar-refractivity contribution is 1.22. The molecule has 0 saturated heterocycles. The second-order valence-corrected chi connectivity index (χ2v) is 6.09. The Bertz CT molecular complexity index is 1180. The van der Waals surface area contributed by atoms with Gasteiger partial charge in [0.05, 0.1) is 10.9 Å². The van der Waals surface area contributed by atoms with Gasteiger partial charge in [-0.05, 0) is 40.1 Å². The Morgan fingerprint density at radius 2 is 1.52 bits per heavy atom. The molecule has 118 valence electrons. The maximum atomic E-state index is 4.50. The lowest BCUT2D eigenvalue weighted by Gasteiger charge is -2.09. The Labute approximate surface area is 145 Å². The van der Waals surface area contributed by atoms with Crippen LogP contribution >= 0.6 is 0 Å². The zero-order valence-electron chi connectivity index (χ0n) is 13.5. The number of nitrogens with one attached hydrogen (secondary N) is 1. The van der Waals surface area contributed by atoms with Crippen LogP contribution in [0.2, 0.25) is 0 Å². The van der Waals surface area contributed by atoms with Crippen molar-refractivity contribution in [1.29, 1.82) is 0 Å². The van der Waals surface area contributed by atoms with E-state index in [0.29, 0.717) is 0 Å². The smallest absolute Gasteiger partial charge is 0.142 e. The molecule has 0 aliphatic heterocycles. The minimum atomic E-state index is 0.835. The summed E-state index contributed by atoms with van der Waals surface area (Å²) in [4.78, 5) is 8.94. The summed E-state index contributed by atoms with van der Waals surface area (Å²) in [7, 11) is 0. The molecule has 1 N–H and O–H groups in total. The molecular weight excluding hydrogens is 306 g/mol. The van der Waals surface area contributed by atoms with Crippen LogP contribution in [0.25, 0.3) is 32.8 Å². The van der Waals surface area contributed by atoms with E-state index in [9.17, 15) is 0 Å². The summed E-state index contributed by atoms with van der Waals surface area (Å²) in [5.41, 5.74) is 4.30. The Morgan fingerprint density at radius 1 is 0.680 bits per heavy atom. The van der Waals surface area contributed by atoms with Crippen molar-refractivity contribution in [2.45, 2.75) is 0 Å². The van der Waals surface area contributed by atoms with Gasteiger partial charge in [-0.2, -0.15) is 0 Å². The molecule has 0 atom stereocenters. The van der Waals surface area contributed by atoms with E-state index < -0.39 is 0 Å². The second-order valence-electron chi connectivity index (χ2n) is 6.09. The fraction of sp³-hybridized carbons (Fsp3) is 0. The first-order chi connectivity index (χ1) is 12.4. The number of nitrogens with zero attached hydrogens (tertiary/aromatic N) is 2. The van der Waals surface area contributed by atoms with Crippen molar-refractivity contribution in [1.82, 2.24) is 9.97 Å². The van der Waals surface area contributed by atoms with Gasteiger partial charge in [0.2, 0.25) is 0 Å². The highest BCUT2D eigenvalue weighted by molar-refractivity contribution is 6.06. The van der Waals surface area contributed by atoms with Crippen LogP contribution < -0.4 is 5.32 Å². The SMILES string of the molecule is c1ccc2cc3ncnc(Nc4ccc5ccccc5c4)c3c-2cc1. The molecular formula is C22H15N3. The van der Waals surface area contributed by atoms with Gasteiger partial charge < -0.3 is 5.32 Å². The first-order valence-corrected chi connectivity index (χ1v) is 8.27. The molecule has 0 radical (unpaired) electrons. The van der Waals surface area contributed by atoms with Crippen molar-refractivity contribution in [3.63, 3.8) is 0 Å². The maximum absolute atomic E-state index is 4.50. The lowest BCUT2D eigenvalue weighted by atomic mass is 10.1. The van der Waals surface area contributed by atoms with Gasteiger partial charge in [-0.3, -0.25) is 0 Å². The van der Waals surface area contributed by atoms with Gasteiger partial charge in [-0.25, -0.2) is 9.97 Å². The molecule has 0 saturated carbocycles. The van der Waals surface area contributed by atoms with E-state index in [-0.39, 0.29) is 0 Å². The van der Waals surface area contributed by atoms with Crippen LogP contribution in [0.3, 0.4) is 0 Å². The molecule has 0 amide bonds. The van der Waals surface area contributed by atoms with Crippen molar-refractivity contribution < 1.29 is 0 Å². The molecule has 0 fully saturated rings. The molecule has 0 bridgehead atoms. The van der Waals surface area contributed by atoms with Gasteiger partial charge in [0.25, 0.3) is 0 Å². The average molecular weight is 321 g/mol. The Hall–Kier alpha value is -3.46. The summed E-state index contributed by atoms with van der Waals surface area (Å²) in [6, 6.07) is 27.2. The molecule has 2 aromatic carbocycles. The fourth-order valence-electron chi connectivity index (χ4n) is 3.33. The van der Waals surface area contributed by atoms with Crippen LogP contribution in [0.1, 0.15) is 0 Å². The second kappa shape index (κ2) is 5.56. The molecule has 3 heteroatoms. The van der Waals surface area contributed by atoms with E-state index in [2.05, 4.69) is 82.0 Å². The van der Waals surface area contributed by atoms with E-state index in [4.69, 9.17) is 0 Å². The van der Waals surface area contributed by atoms with Gasteiger partial charge in [0, 0.05) is 5.69 Å². The molecule has 0 spiro atoms. The molecule has 5 rings (SSSR count). The van der Waals surface area contributed by atoms with Gasteiger partial charge in [0.1, 0.15) is 12.1 Å². The summed E-state index contributed by atoms with van der Waals surface area (Å²) >= 11 is 0. The third-order valence-corrected chi connectivity index (χ3v) is 4.52. The molecule has 1 aromatic heterocycles. The number of hydrogen-bond acceptors (Lipinski definition) is 3. The average Bonchev–Trinajstić information content (AvgIpc) is 2.84. The van der Waals surface area contributed by atoms with Crippen molar-refractivity contribution in [2.24, 2.45) is 0 Å². The summed E-state index contributed by atoms with van der Waals surface area (Å²) in [5, 5.41) is 6.97. The highest BCUT2D eigenvalue weighted by atomic mass is 15.0. The van der Waals surface area contributed by atoms with Gasteiger partial charge in [-0.15, -0.1) is 0 Å². The summed E-state index contributed by atoms with van der Waals surface area (Å²) in [5.74, 6) is 0.835. The zero-order chi connectivity index (χ0) is 16.6. The van der Waals surface area contributed by atoms with Crippen LogP contribution in [0.5, 0.6) is 0 Å². The van der Waals surface area contributed by atoms with Crippen molar-refractivity contribution in [3.05, 3.63) is 85.2 Å². The number of aromatic nitrogens is 2. The van der Waals surface area contributed by atoms with Crippen molar-refractivity contribution in [3.8, 4) is 11.1 Å². The fourth-order valence-corrected chi connectivity index (χ4v) is 3.33. The van der Waals surface area contributed by atoms with E-state index in [1.165, 1.54) is 16.3 Å². The van der Waals surface area contributed by atoms with Crippen LogP contribution in [-0.4, -0.2) is 9.97 Å². The van der Waals surface area contributed by atoms with Crippen LogP contribution in [0.4, 0.5) is 11.5 Å². The van der Waals surface area contributed by atoms with Gasteiger partial charge in [-0.1, -0.05) is 60.7 Å². The Kier molecular flexibility index (Phi) is 3.10. The summed E-state index contributed by atoms with van der Waals surface area (Å²) < 4.78 is 0. The standard InChI is InChI=1S/C22H15N3/c1-2-8-17-13-20-21(19(17)9-3-1)22(24-14-23-20)25-18-11-10-15-6-4-5-7-16(15)12-18/h1-14H,(H,23,24,25). The number of rotatable bonds is 2. The van der Waals surface area contributed by atoms with E-state index in [1.807, 2.05) is 12.1 Å². The molecule has 3 nitrogen and oxygen atoms in total. The molecule has 2 aliphatic carbocycles. The van der Waals surface area contributed by atoms with E-state index in [1.54, 1.807) is 6.33 Å². The number of hydrogen-bond donors (Lipinski definition) is 1. The van der Waals surface area contributed by atoms with Crippen molar-refractivity contribution >= 4 is 33.2 Å². The highest BCUT2D eigenvalue weighted by Gasteiger charge is 2.14.